The molecule has 2 aromatic heterocycles. The number of nitrogens with zero attached hydrogens (tertiary/aromatic N) is 4. The summed E-state index contributed by atoms with van der Waals surface area (Å²) in [5.41, 5.74) is 0. The molecule has 0 N–H and O–H groups in total. The average molecular weight is 244 g/mol. The molecule has 94 valence electrons. The van der Waals surface area contributed by atoms with E-state index < -0.39 is 0 Å². The van der Waals surface area contributed by atoms with E-state index in [2.05, 4.69) is 9.97 Å². The van der Waals surface area contributed by atoms with Crippen LogP contribution in [0.4, 0.5) is 0 Å². The maximum Gasteiger partial charge on any atom is 0.146 e. The Morgan fingerprint density at radius 1 is 1.11 bits per heavy atom. The zero-order valence-corrected chi connectivity index (χ0v) is 10.6. The van der Waals surface area contributed by atoms with Crippen molar-refractivity contribution in [3.63, 3.8) is 0 Å². The zero-order valence-electron chi connectivity index (χ0n) is 10.6. The van der Waals surface area contributed by atoms with E-state index in [0.717, 1.165) is 36.6 Å². The SMILES string of the molecule is CCc1nccn1C(=CC=O)n1ccnc1CC. The van der Waals surface area contributed by atoms with E-state index in [-0.39, 0.29) is 0 Å². The molecule has 0 unspecified atom stereocenters. The van der Waals surface area contributed by atoms with Crippen molar-refractivity contribution in [3.05, 3.63) is 48.3 Å². The standard InChI is InChI=1S/C13H16N4O/c1-3-11-14-6-8-16(11)13(5-10-18)17-9-7-15-12(17)4-2/h5-10H,3-4H2,1-2H3. The van der Waals surface area contributed by atoms with Crippen molar-refractivity contribution in [2.75, 3.05) is 0 Å². The van der Waals surface area contributed by atoms with E-state index in [1.165, 1.54) is 6.08 Å². The van der Waals surface area contributed by atoms with Crippen LogP contribution in [-0.4, -0.2) is 25.4 Å². The fourth-order valence-electron chi connectivity index (χ4n) is 1.95. The van der Waals surface area contributed by atoms with Gasteiger partial charge in [-0.15, -0.1) is 0 Å². The molecule has 2 rings (SSSR count). The van der Waals surface area contributed by atoms with Crippen molar-refractivity contribution >= 4 is 6.29 Å². The third-order valence-corrected chi connectivity index (χ3v) is 2.78. The molecule has 18 heavy (non-hydrogen) atoms. The first-order chi connectivity index (χ1) is 8.81. The molecule has 5 heteroatoms. The molecule has 0 aliphatic carbocycles. The Labute approximate surface area is 106 Å². The molecule has 0 spiro atoms. The topological polar surface area (TPSA) is 52.7 Å². The van der Waals surface area contributed by atoms with Crippen molar-refractivity contribution in [2.45, 2.75) is 26.7 Å². The highest BCUT2D eigenvalue weighted by Gasteiger charge is 2.10. The van der Waals surface area contributed by atoms with E-state index in [4.69, 9.17) is 0 Å². The molecule has 0 saturated heterocycles. The predicted molar refractivity (Wildman–Crippen MR) is 67.9 cm³/mol. The zero-order chi connectivity index (χ0) is 13.0. The molecular weight excluding hydrogens is 228 g/mol. The van der Waals surface area contributed by atoms with Crippen LogP contribution in [-0.2, 0) is 17.6 Å². The fraction of sp³-hybridized carbons (Fsp3) is 0.308. The molecule has 0 aliphatic heterocycles. The van der Waals surface area contributed by atoms with Gasteiger partial charge in [-0.3, -0.25) is 13.9 Å². The molecule has 2 aromatic rings. The largest absolute Gasteiger partial charge is 0.298 e. The summed E-state index contributed by atoms with van der Waals surface area (Å²) in [7, 11) is 0. The summed E-state index contributed by atoms with van der Waals surface area (Å²) in [6, 6.07) is 0. The Kier molecular flexibility index (Phi) is 3.72. The molecule has 0 bridgehead atoms. The molecule has 0 amide bonds. The van der Waals surface area contributed by atoms with Crippen LogP contribution in [0, 0.1) is 5.82 Å². The van der Waals surface area contributed by atoms with Crippen molar-refractivity contribution in [2.24, 2.45) is 0 Å². The maximum absolute atomic E-state index is 10.9. The van der Waals surface area contributed by atoms with Gasteiger partial charge in [0, 0.05) is 43.7 Å². The second-order valence-corrected chi connectivity index (χ2v) is 3.79. The minimum absolute atomic E-state index is 0.758. The lowest BCUT2D eigenvalue weighted by molar-refractivity contribution is -0.104. The molecule has 0 radical (unpaired) electrons. The summed E-state index contributed by atoms with van der Waals surface area (Å²) in [6.45, 7) is 4.07. The van der Waals surface area contributed by atoms with Crippen LogP contribution in [0.25, 0.3) is 0 Å². The highest BCUT2D eigenvalue weighted by molar-refractivity contribution is 5.65. The molecule has 0 aliphatic rings. The van der Waals surface area contributed by atoms with E-state index in [1.54, 1.807) is 12.4 Å². The quantitative estimate of drug-likeness (QED) is 0.592. The van der Waals surface area contributed by atoms with Crippen LogP contribution < -0.4 is 0 Å². The number of carbonyl (C=O) groups is 1. The van der Waals surface area contributed by atoms with Crippen molar-refractivity contribution < 1.29 is 4.79 Å². The number of allylic oxidation sites excluding steroid dienone is 1. The molecule has 0 atom stereocenters. The van der Waals surface area contributed by atoms with Crippen LogP contribution in [0.15, 0.2) is 30.9 Å². The first kappa shape index (κ1) is 12.3. The van der Waals surface area contributed by atoms with Gasteiger partial charge in [-0.05, 0) is 0 Å². The number of hydrogen-bond donors (Lipinski definition) is 0. The summed E-state index contributed by atoms with van der Waals surface area (Å²) in [4.78, 5) is 19.4. The smallest absolute Gasteiger partial charge is 0.146 e. The van der Waals surface area contributed by atoms with Crippen molar-refractivity contribution in [1.82, 2.24) is 19.1 Å². The van der Waals surface area contributed by atoms with Gasteiger partial charge in [0.1, 0.15) is 23.8 Å². The second kappa shape index (κ2) is 5.44. The monoisotopic (exact) mass is 244 g/mol. The second-order valence-electron chi connectivity index (χ2n) is 3.79. The Hall–Kier alpha value is -2.17. The number of rotatable bonds is 5. The van der Waals surface area contributed by atoms with Gasteiger partial charge in [0.2, 0.25) is 0 Å². The Morgan fingerprint density at radius 2 is 1.61 bits per heavy atom. The highest BCUT2D eigenvalue weighted by Crippen LogP contribution is 2.10. The lowest BCUT2D eigenvalue weighted by atomic mass is 10.4. The predicted octanol–water partition coefficient (Wildman–Crippen LogP) is 1.57. The number of aryl methyl sites for hydroxylation is 2. The summed E-state index contributed by atoms with van der Waals surface area (Å²) >= 11 is 0. The fourth-order valence-corrected chi connectivity index (χ4v) is 1.95. The van der Waals surface area contributed by atoms with Gasteiger partial charge in [0.05, 0.1) is 0 Å². The normalized spacial score (nSPS) is 10.3. The minimum atomic E-state index is 0.758. The van der Waals surface area contributed by atoms with Crippen LogP contribution in [0.5, 0.6) is 0 Å². The Morgan fingerprint density at radius 3 is 2.00 bits per heavy atom. The number of aromatic nitrogens is 4. The number of carbonyl (C=O) groups excluding carboxylic acids is 1. The Balaban J connectivity index is 2.54. The van der Waals surface area contributed by atoms with Crippen molar-refractivity contribution in [1.29, 1.82) is 0 Å². The molecule has 0 fully saturated rings. The summed E-state index contributed by atoms with van der Waals surface area (Å²) in [5, 5.41) is 0. The third-order valence-electron chi connectivity index (χ3n) is 2.78. The van der Waals surface area contributed by atoms with Gasteiger partial charge in [-0.1, -0.05) is 13.8 Å². The first-order valence-electron chi connectivity index (χ1n) is 6.02. The van der Waals surface area contributed by atoms with Crippen LogP contribution >= 0.6 is 0 Å². The Bertz CT molecular complexity index is 521. The van der Waals surface area contributed by atoms with E-state index in [9.17, 15) is 4.79 Å². The molecular formula is C13H16N4O. The van der Waals surface area contributed by atoms with Gasteiger partial charge in [-0.25, -0.2) is 9.97 Å². The summed E-state index contributed by atoms with van der Waals surface area (Å²) < 4.78 is 3.82. The van der Waals surface area contributed by atoms with E-state index in [0.29, 0.717) is 0 Å². The highest BCUT2D eigenvalue weighted by atomic mass is 16.1. The summed E-state index contributed by atoms with van der Waals surface area (Å²) in [5.74, 6) is 2.59. The lowest BCUT2D eigenvalue weighted by Gasteiger charge is -2.13. The number of imidazole rings is 2. The van der Waals surface area contributed by atoms with Crippen molar-refractivity contribution in [3.8, 4) is 0 Å². The number of hydrogen-bond acceptors (Lipinski definition) is 3. The molecule has 0 aromatic carbocycles. The van der Waals surface area contributed by atoms with Gasteiger partial charge >= 0.3 is 0 Å². The third kappa shape index (κ3) is 2.11. The summed E-state index contributed by atoms with van der Waals surface area (Å²) in [6.07, 6.45) is 11.1. The van der Waals surface area contributed by atoms with Crippen LogP contribution in [0.1, 0.15) is 25.5 Å². The average Bonchev–Trinajstić information content (AvgIpc) is 3.04. The van der Waals surface area contributed by atoms with Crippen LogP contribution in [0.3, 0.4) is 0 Å². The van der Waals surface area contributed by atoms with Gasteiger partial charge in [0.15, 0.2) is 0 Å². The van der Waals surface area contributed by atoms with E-state index in [1.807, 2.05) is 35.4 Å². The first-order valence-corrected chi connectivity index (χ1v) is 6.02. The lowest BCUT2D eigenvalue weighted by Crippen LogP contribution is -2.15. The van der Waals surface area contributed by atoms with E-state index >= 15 is 0 Å². The molecule has 2 heterocycles. The van der Waals surface area contributed by atoms with Gasteiger partial charge in [-0.2, -0.15) is 0 Å². The maximum atomic E-state index is 10.9. The molecule has 0 saturated carbocycles. The van der Waals surface area contributed by atoms with Crippen LogP contribution in [0.2, 0.25) is 0 Å². The molecule has 5 nitrogen and oxygen atoms in total. The minimum Gasteiger partial charge on any atom is -0.298 e. The van der Waals surface area contributed by atoms with Gasteiger partial charge in [0.25, 0.3) is 0 Å². The van der Waals surface area contributed by atoms with Gasteiger partial charge < -0.3 is 0 Å². The number of aldehydes is 1.